The van der Waals surface area contributed by atoms with Crippen molar-refractivity contribution in [3.63, 3.8) is 0 Å². The van der Waals surface area contributed by atoms with Crippen LogP contribution in [0.1, 0.15) is 19.4 Å². The number of alkyl halides is 3. The Labute approximate surface area is 107 Å². The van der Waals surface area contributed by atoms with E-state index in [1.54, 1.807) is 13.8 Å². The molecular weight excluding hydrogens is 271 g/mol. The van der Waals surface area contributed by atoms with Crippen LogP contribution in [0.15, 0.2) is 6.33 Å². The van der Waals surface area contributed by atoms with Gasteiger partial charge in [-0.1, -0.05) is 11.6 Å². The molecule has 0 radical (unpaired) electrons. The van der Waals surface area contributed by atoms with Gasteiger partial charge in [0.25, 0.3) is 0 Å². The third kappa shape index (κ3) is 3.71. The van der Waals surface area contributed by atoms with E-state index in [9.17, 15) is 13.2 Å². The van der Waals surface area contributed by atoms with Crippen molar-refractivity contribution in [3.8, 4) is 0 Å². The molecule has 1 heterocycles. The first kappa shape index (κ1) is 15.0. The molecular formula is C10H13ClF3N3O. The first-order chi connectivity index (χ1) is 8.26. The lowest BCUT2D eigenvalue weighted by Gasteiger charge is -2.30. The molecule has 1 aromatic heterocycles. The minimum absolute atomic E-state index is 0.00447. The van der Waals surface area contributed by atoms with E-state index in [2.05, 4.69) is 9.97 Å². The number of rotatable bonds is 4. The van der Waals surface area contributed by atoms with Gasteiger partial charge in [-0.3, -0.25) is 0 Å². The maximum atomic E-state index is 12.5. The normalized spacial score (nSPS) is 12.0. The van der Waals surface area contributed by atoms with Crippen molar-refractivity contribution in [2.45, 2.75) is 32.7 Å². The van der Waals surface area contributed by atoms with E-state index in [-0.39, 0.29) is 16.5 Å². The molecule has 1 N–H and O–H groups in total. The van der Waals surface area contributed by atoms with Gasteiger partial charge in [0.05, 0.1) is 12.2 Å². The number of aliphatic hydroxyl groups excluding tert-OH is 1. The summed E-state index contributed by atoms with van der Waals surface area (Å²) in [6.07, 6.45) is -3.29. The molecule has 18 heavy (non-hydrogen) atoms. The molecule has 102 valence electrons. The van der Waals surface area contributed by atoms with Crippen LogP contribution in [-0.4, -0.2) is 33.8 Å². The standard InChI is InChI=1S/C10H13ClF3N3O/c1-6(2)17(4-10(12,13)14)9-7(3-18)8(11)15-5-16-9/h5-6,18H,3-4H2,1-2H3. The molecule has 0 fully saturated rings. The van der Waals surface area contributed by atoms with Gasteiger partial charge in [0, 0.05) is 6.04 Å². The maximum absolute atomic E-state index is 12.5. The van der Waals surface area contributed by atoms with E-state index < -0.39 is 25.4 Å². The van der Waals surface area contributed by atoms with Crippen molar-refractivity contribution in [1.82, 2.24) is 9.97 Å². The zero-order valence-electron chi connectivity index (χ0n) is 9.87. The summed E-state index contributed by atoms with van der Waals surface area (Å²) in [4.78, 5) is 8.45. The zero-order valence-corrected chi connectivity index (χ0v) is 10.6. The molecule has 0 unspecified atom stereocenters. The lowest BCUT2D eigenvalue weighted by molar-refractivity contribution is -0.120. The minimum Gasteiger partial charge on any atom is -0.391 e. The van der Waals surface area contributed by atoms with Crippen LogP contribution in [0.2, 0.25) is 5.15 Å². The monoisotopic (exact) mass is 283 g/mol. The van der Waals surface area contributed by atoms with Crippen molar-refractivity contribution in [2.24, 2.45) is 0 Å². The van der Waals surface area contributed by atoms with Crippen molar-refractivity contribution in [2.75, 3.05) is 11.4 Å². The number of nitrogens with zero attached hydrogens (tertiary/aromatic N) is 3. The van der Waals surface area contributed by atoms with Crippen LogP contribution in [0.25, 0.3) is 0 Å². The minimum atomic E-state index is -4.37. The predicted molar refractivity (Wildman–Crippen MR) is 61.5 cm³/mol. The Hall–Kier alpha value is -1.08. The number of halogens is 4. The van der Waals surface area contributed by atoms with Gasteiger partial charge in [0.2, 0.25) is 0 Å². The second-order valence-electron chi connectivity index (χ2n) is 3.96. The molecule has 0 aliphatic heterocycles. The fraction of sp³-hybridized carbons (Fsp3) is 0.600. The average Bonchev–Trinajstić information content (AvgIpc) is 2.24. The lowest BCUT2D eigenvalue weighted by Crippen LogP contribution is -2.40. The molecule has 8 heteroatoms. The highest BCUT2D eigenvalue weighted by Gasteiger charge is 2.33. The number of aliphatic hydroxyl groups is 1. The highest BCUT2D eigenvalue weighted by Crippen LogP contribution is 2.28. The van der Waals surface area contributed by atoms with E-state index in [4.69, 9.17) is 16.7 Å². The van der Waals surface area contributed by atoms with Crippen LogP contribution in [0.4, 0.5) is 19.0 Å². The topological polar surface area (TPSA) is 49.2 Å². The van der Waals surface area contributed by atoms with E-state index in [1.165, 1.54) is 0 Å². The van der Waals surface area contributed by atoms with Gasteiger partial charge in [-0.25, -0.2) is 9.97 Å². The fourth-order valence-corrected chi connectivity index (χ4v) is 1.65. The largest absolute Gasteiger partial charge is 0.405 e. The van der Waals surface area contributed by atoms with E-state index in [0.29, 0.717) is 0 Å². The van der Waals surface area contributed by atoms with Gasteiger partial charge in [-0.05, 0) is 13.8 Å². The van der Waals surface area contributed by atoms with E-state index in [1.807, 2.05) is 0 Å². The van der Waals surface area contributed by atoms with E-state index >= 15 is 0 Å². The molecule has 0 aromatic carbocycles. The Kier molecular flexibility index (Phi) is 4.75. The highest BCUT2D eigenvalue weighted by molar-refractivity contribution is 6.30. The van der Waals surface area contributed by atoms with Gasteiger partial charge in [-0.15, -0.1) is 0 Å². The summed E-state index contributed by atoms with van der Waals surface area (Å²) in [5, 5.41) is 9.11. The molecule has 1 aromatic rings. The van der Waals surface area contributed by atoms with Gasteiger partial charge in [-0.2, -0.15) is 13.2 Å². The van der Waals surface area contributed by atoms with Gasteiger partial charge >= 0.3 is 6.18 Å². The number of hydrogen-bond donors (Lipinski definition) is 1. The van der Waals surface area contributed by atoms with Gasteiger partial charge in [0.1, 0.15) is 23.8 Å². The second-order valence-corrected chi connectivity index (χ2v) is 4.32. The molecule has 0 aliphatic rings. The molecule has 0 aliphatic carbocycles. The Morgan fingerprint density at radius 1 is 1.39 bits per heavy atom. The zero-order chi connectivity index (χ0) is 13.9. The maximum Gasteiger partial charge on any atom is 0.405 e. The second kappa shape index (κ2) is 5.71. The molecule has 4 nitrogen and oxygen atoms in total. The Balaban J connectivity index is 3.18. The average molecular weight is 284 g/mol. The van der Waals surface area contributed by atoms with Crippen LogP contribution in [0.5, 0.6) is 0 Å². The molecule has 0 bridgehead atoms. The number of aromatic nitrogens is 2. The van der Waals surface area contributed by atoms with Crippen LogP contribution in [0.3, 0.4) is 0 Å². The van der Waals surface area contributed by atoms with Gasteiger partial charge < -0.3 is 10.0 Å². The molecule has 0 amide bonds. The first-order valence-corrected chi connectivity index (χ1v) is 5.57. The summed E-state index contributed by atoms with van der Waals surface area (Å²) in [6, 6.07) is -0.442. The third-order valence-electron chi connectivity index (χ3n) is 2.27. The number of hydrogen-bond acceptors (Lipinski definition) is 4. The number of anilines is 1. The van der Waals surface area contributed by atoms with Crippen molar-refractivity contribution in [1.29, 1.82) is 0 Å². The van der Waals surface area contributed by atoms with Gasteiger partial charge in [0.15, 0.2) is 0 Å². The summed E-state index contributed by atoms with van der Waals surface area (Å²) in [7, 11) is 0. The first-order valence-electron chi connectivity index (χ1n) is 5.20. The molecule has 1 rings (SSSR count). The summed E-state index contributed by atoms with van der Waals surface area (Å²) < 4.78 is 37.5. The van der Waals surface area contributed by atoms with E-state index in [0.717, 1.165) is 11.2 Å². The quantitative estimate of drug-likeness (QED) is 0.862. The summed E-state index contributed by atoms with van der Waals surface area (Å²) >= 11 is 5.73. The van der Waals surface area contributed by atoms with Crippen molar-refractivity contribution < 1.29 is 18.3 Å². The summed E-state index contributed by atoms with van der Waals surface area (Å²) in [5.41, 5.74) is 0.0946. The summed E-state index contributed by atoms with van der Waals surface area (Å²) in [6.45, 7) is 1.52. The van der Waals surface area contributed by atoms with Crippen LogP contribution in [-0.2, 0) is 6.61 Å². The highest BCUT2D eigenvalue weighted by atomic mass is 35.5. The molecule has 0 atom stereocenters. The Bertz CT molecular complexity index is 412. The van der Waals surface area contributed by atoms with Crippen LogP contribution >= 0.6 is 11.6 Å². The Morgan fingerprint density at radius 2 is 2.00 bits per heavy atom. The SMILES string of the molecule is CC(C)N(CC(F)(F)F)c1ncnc(Cl)c1CO. The van der Waals surface area contributed by atoms with Crippen molar-refractivity contribution >= 4 is 17.4 Å². The third-order valence-corrected chi connectivity index (χ3v) is 2.60. The smallest absolute Gasteiger partial charge is 0.391 e. The molecule has 0 saturated carbocycles. The van der Waals surface area contributed by atoms with Crippen LogP contribution in [0, 0.1) is 0 Å². The van der Waals surface area contributed by atoms with Crippen LogP contribution < -0.4 is 4.90 Å². The fourth-order valence-electron chi connectivity index (χ4n) is 1.46. The summed E-state index contributed by atoms with van der Waals surface area (Å²) in [5.74, 6) is 0.00447. The predicted octanol–water partition coefficient (Wildman–Crippen LogP) is 2.40. The molecule has 0 spiro atoms. The Morgan fingerprint density at radius 3 is 2.44 bits per heavy atom. The lowest BCUT2D eigenvalue weighted by atomic mass is 10.2. The van der Waals surface area contributed by atoms with Crippen molar-refractivity contribution in [3.05, 3.63) is 17.0 Å². The molecule has 0 saturated heterocycles.